The van der Waals surface area contributed by atoms with Crippen molar-refractivity contribution in [2.45, 2.75) is 0 Å². The monoisotopic (exact) mass is 466 g/mol. The summed E-state index contributed by atoms with van der Waals surface area (Å²) in [5.41, 5.74) is 2.56. The topological polar surface area (TPSA) is 0 Å². The van der Waals surface area contributed by atoms with Crippen molar-refractivity contribution in [2.75, 3.05) is 0 Å². The van der Waals surface area contributed by atoms with E-state index in [0.29, 0.717) is 0 Å². The quantitative estimate of drug-likeness (QED) is 0.226. The maximum absolute atomic E-state index is 2.38. The molecule has 0 saturated heterocycles. The minimum Gasteiger partial charge on any atom is -0.135 e. The van der Waals surface area contributed by atoms with Crippen LogP contribution in [0.25, 0.3) is 73.0 Å². The van der Waals surface area contributed by atoms with E-state index >= 15 is 0 Å². The standard InChI is InChI=1S/C32H18S2/c1-3-7-23-19(5-1)9-13-25-27-17-21(11-15-29(27)33-31(23)25)22-12-16-30-28(18-22)26-14-10-20-6-2-4-8-24(20)32(26)34-30/h1-18H. The van der Waals surface area contributed by atoms with Gasteiger partial charge in [-0.05, 0) is 56.9 Å². The fourth-order valence-electron chi connectivity index (χ4n) is 5.37. The van der Waals surface area contributed by atoms with Crippen LogP contribution in [0.1, 0.15) is 0 Å². The van der Waals surface area contributed by atoms with E-state index < -0.39 is 0 Å². The molecule has 0 amide bonds. The van der Waals surface area contributed by atoms with Gasteiger partial charge in [0.2, 0.25) is 0 Å². The van der Waals surface area contributed by atoms with Gasteiger partial charge in [0.25, 0.3) is 0 Å². The minimum absolute atomic E-state index is 1.28. The molecule has 0 nitrogen and oxygen atoms in total. The Morgan fingerprint density at radius 3 is 1.32 bits per heavy atom. The van der Waals surface area contributed by atoms with Gasteiger partial charge in [-0.15, -0.1) is 22.7 Å². The molecule has 8 aromatic rings. The van der Waals surface area contributed by atoms with Gasteiger partial charge in [-0.2, -0.15) is 0 Å². The zero-order valence-corrected chi connectivity index (χ0v) is 19.8. The van der Waals surface area contributed by atoms with E-state index in [1.54, 1.807) is 0 Å². The highest BCUT2D eigenvalue weighted by molar-refractivity contribution is 7.27. The lowest BCUT2D eigenvalue weighted by Crippen LogP contribution is -1.78. The number of hydrogen-bond acceptors (Lipinski definition) is 2. The number of rotatable bonds is 1. The first-order valence-electron chi connectivity index (χ1n) is 11.5. The van der Waals surface area contributed by atoms with Gasteiger partial charge >= 0.3 is 0 Å². The van der Waals surface area contributed by atoms with Crippen LogP contribution < -0.4 is 0 Å². The van der Waals surface area contributed by atoms with Crippen molar-refractivity contribution in [1.29, 1.82) is 0 Å². The van der Waals surface area contributed by atoms with Crippen molar-refractivity contribution in [3.8, 4) is 11.1 Å². The predicted octanol–water partition coefficient (Wildman–Crippen LogP) is 10.4. The lowest BCUT2D eigenvalue weighted by molar-refractivity contribution is 1.72. The molecule has 2 heteroatoms. The molecule has 34 heavy (non-hydrogen) atoms. The SMILES string of the molecule is c1ccc2c(c1)ccc1c3cc(-c4ccc5sc6c7ccccc7ccc6c5c4)ccc3sc21. The van der Waals surface area contributed by atoms with E-state index in [2.05, 4.69) is 109 Å². The number of benzene rings is 6. The molecule has 0 bridgehead atoms. The highest BCUT2D eigenvalue weighted by Gasteiger charge is 2.12. The first-order chi connectivity index (χ1) is 16.8. The Hall–Kier alpha value is -3.72. The molecule has 0 aliphatic heterocycles. The third-order valence-electron chi connectivity index (χ3n) is 7.06. The van der Waals surface area contributed by atoms with E-state index in [0.717, 1.165) is 0 Å². The fraction of sp³-hybridized carbons (Fsp3) is 0. The molecule has 2 aromatic heterocycles. The maximum Gasteiger partial charge on any atom is 0.0433 e. The van der Waals surface area contributed by atoms with Gasteiger partial charge in [-0.25, -0.2) is 0 Å². The molecular formula is C32H18S2. The third kappa shape index (κ3) is 2.58. The summed E-state index contributed by atoms with van der Waals surface area (Å²) in [6.45, 7) is 0. The molecule has 0 radical (unpaired) electrons. The average Bonchev–Trinajstić information content (AvgIpc) is 3.46. The smallest absolute Gasteiger partial charge is 0.0433 e. The van der Waals surface area contributed by atoms with Crippen LogP contribution in [-0.2, 0) is 0 Å². The minimum atomic E-state index is 1.28. The third-order valence-corrected chi connectivity index (χ3v) is 9.50. The lowest BCUT2D eigenvalue weighted by atomic mass is 9.99. The molecule has 0 atom stereocenters. The molecule has 0 saturated carbocycles. The molecule has 6 aromatic carbocycles. The molecule has 0 unspecified atom stereocenters. The summed E-state index contributed by atoms with van der Waals surface area (Å²) in [7, 11) is 0. The zero-order chi connectivity index (χ0) is 22.2. The van der Waals surface area contributed by atoms with Crippen LogP contribution in [0.2, 0.25) is 0 Å². The van der Waals surface area contributed by atoms with Gasteiger partial charge in [0, 0.05) is 40.3 Å². The maximum atomic E-state index is 2.38. The van der Waals surface area contributed by atoms with Crippen LogP contribution in [0.15, 0.2) is 109 Å². The highest BCUT2D eigenvalue weighted by Crippen LogP contribution is 2.42. The zero-order valence-electron chi connectivity index (χ0n) is 18.2. The molecule has 0 aliphatic rings. The van der Waals surface area contributed by atoms with Gasteiger partial charge in [-0.3, -0.25) is 0 Å². The summed E-state index contributed by atoms with van der Waals surface area (Å²) >= 11 is 3.81. The summed E-state index contributed by atoms with van der Waals surface area (Å²) in [5.74, 6) is 0. The van der Waals surface area contributed by atoms with Gasteiger partial charge < -0.3 is 0 Å². The van der Waals surface area contributed by atoms with Gasteiger partial charge in [0.1, 0.15) is 0 Å². The molecule has 0 spiro atoms. The van der Waals surface area contributed by atoms with Crippen LogP contribution >= 0.6 is 22.7 Å². The van der Waals surface area contributed by atoms with E-state index in [4.69, 9.17) is 0 Å². The molecule has 2 heterocycles. The van der Waals surface area contributed by atoms with Crippen LogP contribution in [0, 0.1) is 0 Å². The van der Waals surface area contributed by atoms with Crippen LogP contribution in [0.4, 0.5) is 0 Å². The van der Waals surface area contributed by atoms with E-state index in [9.17, 15) is 0 Å². The van der Waals surface area contributed by atoms with E-state index in [-0.39, 0.29) is 0 Å². The molecule has 158 valence electrons. The van der Waals surface area contributed by atoms with Crippen molar-refractivity contribution in [3.63, 3.8) is 0 Å². The fourth-order valence-corrected chi connectivity index (χ4v) is 7.81. The second-order valence-corrected chi connectivity index (χ2v) is 11.1. The molecule has 0 aliphatic carbocycles. The number of hydrogen-bond donors (Lipinski definition) is 0. The van der Waals surface area contributed by atoms with E-state index in [1.807, 2.05) is 22.7 Å². The van der Waals surface area contributed by atoms with Gasteiger partial charge in [0.05, 0.1) is 0 Å². The Labute approximate surface area is 204 Å². The Morgan fingerprint density at radius 2 is 0.824 bits per heavy atom. The lowest BCUT2D eigenvalue weighted by Gasteiger charge is -2.04. The second kappa shape index (κ2) is 6.89. The van der Waals surface area contributed by atoms with Gasteiger partial charge in [0.15, 0.2) is 0 Å². The second-order valence-electron chi connectivity index (χ2n) is 8.95. The first-order valence-corrected chi connectivity index (χ1v) is 13.2. The Bertz CT molecular complexity index is 1920. The van der Waals surface area contributed by atoms with Crippen molar-refractivity contribution in [3.05, 3.63) is 109 Å². The van der Waals surface area contributed by atoms with Crippen LogP contribution in [-0.4, -0.2) is 0 Å². The Morgan fingerprint density at radius 1 is 0.353 bits per heavy atom. The van der Waals surface area contributed by atoms with Gasteiger partial charge in [-0.1, -0.05) is 84.9 Å². The molecule has 8 rings (SSSR count). The summed E-state index contributed by atoms with van der Waals surface area (Å²) < 4.78 is 5.47. The first kappa shape index (κ1) is 18.7. The predicted molar refractivity (Wildman–Crippen MR) is 153 cm³/mol. The summed E-state index contributed by atoms with van der Waals surface area (Å²) in [6.07, 6.45) is 0. The summed E-state index contributed by atoms with van der Waals surface area (Å²) in [6, 6.07) is 40.4. The molecule has 0 fully saturated rings. The Kier molecular flexibility index (Phi) is 3.79. The largest absolute Gasteiger partial charge is 0.135 e. The Balaban J connectivity index is 1.36. The summed E-state index contributed by atoms with van der Waals surface area (Å²) in [5, 5.41) is 10.7. The average molecular weight is 467 g/mol. The van der Waals surface area contributed by atoms with Crippen LogP contribution in [0.5, 0.6) is 0 Å². The number of fused-ring (bicyclic) bond motifs is 10. The summed E-state index contributed by atoms with van der Waals surface area (Å²) in [4.78, 5) is 0. The highest BCUT2D eigenvalue weighted by atomic mass is 32.1. The van der Waals surface area contributed by atoms with Crippen molar-refractivity contribution in [2.24, 2.45) is 0 Å². The van der Waals surface area contributed by atoms with Crippen molar-refractivity contribution < 1.29 is 0 Å². The van der Waals surface area contributed by atoms with E-state index in [1.165, 1.54) is 73.0 Å². The normalized spacial score (nSPS) is 12.1. The molecule has 0 N–H and O–H groups in total. The van der Waals surface area contributed by atoms with Crippen molar-refractivity contribution >= 4 is 84.6 Å². The molecular weight excluding hydrogens is 448 g/mol. The number of thiophene rings is 2. The van der Waals surface area contributed by atoms with Crippen molar-refractivity contribution in [1.82, 2.24) is 0 Å². The van der Waals surface area contributed by atoms with Crippen LogP contribution in [0.3, 0.4) is 0 Å².